The normalized spacial score (nSPS) is 10.3. The fourth-order valence-electron chi connectivity index (χ4n) is 3.04. The molecule has 0 aromatic heterocycles. The number of allylic oxidation sites excluding steroid dienone is 2. The largest absolute Gasteiger partial charge is 0.481 e. The van der Waals surface area contributed by atoms with Gasteiger partial charge in [0.2, 0.25) is 0 Å². The van der Waals surface area contributed by atoms with Crippen LogP contribution in [-0.2, 0) is 4.79 Å². The Kier molecular flexibility index (Phi) is 151. The van der Waals surface area contributed by atoms with Gasteiger partial charge in [0.15, 0.2) is 0 Å². The average molecular weight is 1390 g/mol. The van der Waals surface area contributed by atoms with Crippen LogP contribution in [0.4, 0.5) is 0 Å². The molecule has 0 radical (unpaired) electrons. The number of carbonyl (C=O) groups is 1. The van der Waals surface area contributed by atoms with Crippen molar-refractivity contribution in [2.24, 2.45) is 0 Å². The fourth-order valence-corrected chi connectivity index (χ4v) is 3.04. The van der Waals surface area contributed by atoms with Crippen molar-refractivity contribution in [2.75, 3.05) is 159 Å². The van der Waals surface area contributed by atoms with E-state index in [-0.39, 0.29) is 159 Å². The number of aliphatic carboxylic acids is 1. The topological polar surface area (TPSA) is 766 Å². The van der Waals surface area contributed by atoms with Gasteiger partial charge in [-0.3, -0.25) is 4.79 Å². The maximum Gasteiger partial charge on any atom is 0.303 e. The van der Waals surface area contributed by atoms with Crippen LogP contribution in [0.5, 0.6) is 0 Å². The second-order valence-corrected chi connectivity index (χ2v) is 18.0. The molecule has 0 saturated heterocycles. The Morgan fingerprint density at radius 3 is 0.446 bits per heavy atom. The first-order chi connectivity index (χ1) is 43.5. The molecular weight excluding hydrogens is 1260 g/mol. The predicted molar refractivity (Wildman–Crippen MR) is 329 cm³/mol. The summed E-state index contributed by atoms with van der Waals surface area (Å²) in [4.78, 5) is 10.3. The van der Waals surface area contributed by atoms with Crippen LogP contribution >= 0.6 is 0 Å². The van der Waals surface area contributed by atoms with E-state index in [0.29, 0.717) is 6.42 Å². The molecule has 0 aliphatic carbocycles. The first-order valence-electron chi connectivity index (χ1n) is 29.1. The summed E-state index contributed by atoms with van der Waals surface area (Å²) in [5.74, 6) is -0.664. The van der Waals surface area contributed by atoms with Crippen molar-refractivity contribution in [1.29, 1.82) is 0 Å². The minimum atomic E-state index is -0.954. The van der Waals surface area contributed by atoms with Crippen LogP contribution in [0.15, 0.2) is 12.2 Å². The smallest absolute Gasteiger partial charge is 0.303 e. The first-order valence-corrected chi connectivity index (χ1v) is 29.1. The van der Waals surface area contributed by atoms with Crippen LogP contribution in [0.3, 0.4) is 0 Å². The summed E-state index contributed by atoms with van der Waals surface area (Å²) >= 11 is 0. The van der Waals surface area contributed by atoms with E-state index >= 15 is 0 Å². The van der Waals surface area contributed by atoms with Crippen LogP contribution in [0.25, 0.3) is 0 Å². The van der Waals surface area contributed by atoms with Crippen LogP contribution in [0.2, 0.25) is 0 Å². The van der Waals surface area contributed by atoms with Crippen molar-refractivity contribution in [1.82, 2.24) is 0 Å². The van der Waals surface area contributed by atoms with E-state index < -0.39 is 79.2 Å². The zero-order chi connectivity index (χ0) is 74.8. The van der Waals surface area contributed by atoms with E-state index in [0.717, 1.165) is 12.8 Å². The number of hydrogen-bond acceptors (Lipinski definition) is 37. The monoisotopic (exact) mass is 1390 g/mol. The lowest BCUT2D eigenvalue weighted by molar-refractivity contribution is -0.137. The Morgan fingerprint density at radius 2 is 0.337 bits per heavy atom. The molecule has 37 N–H and O–H groups in total. The SMILES string of the molecule is CCCCCCCCC=CCCCCCCCC(=O)O.OCC(O)CO.OCC(O)CO.OCC(O)CO.OCC(O)CO.OCC(O)CO.OCC(O)CO.OCC(O)CO.OCC(O)CO.OCC(O)CO.OCC(O)CO.OCC(O)CO.OCC(O)CO. The van der Waals surface area contributed by atoms with Crippen molar-refractivity contribution in [3.8, 4) is 0 Å². The maximum atomic E-state index is 10.3. The van der Waals surface area contributed by atoms with Gasteiger partial charge in [0.05, 0.1) is 159 Å². The number of carboxylic acid groups (broad SMARTS) is 1. The highest BCUT2D eigenvalue weighted by atomic mass is 16.4. The van der Waals surface area contributed by atoms with Crippen LogP contribution in [0.1, 0.15) is 96.8 Å². The summed E-state index contributed by atoms with van der Waals surface area (Å²) in [6.45, 7) is -6.49. The second-order valence-electron chi connectivity index (χ2n) is 18.0. The van der Waals surface area contributed by atoms with Gasteiger partial charge in [-0.1, -0.05) is 70.4 Å². The summed E-state index contributed by atoms with van der Waals surface area (Å²) in [5, 5.41) is 297. The van der Waals surface area contributed by atoms with Gasteiger partial charge in [0.25, 0.3) is 0 Å². The predicted octanol–water partition coefficient (Wildman–Crippen LogP) is -13.9. The summed E-state index contributed by atoms with van der Waals surface area (Å²) < 4.78 is 0. The second kappa shape index (κ2) is 116. The number of hydrogen-bond donors (Lipinski definition) is 37. The fraction of sp³-hybridized carbons (Fsp3) is 0.944. The molecule has 92 heavy (non-hydrogen) atoms. The standard InChI is InChI=1S/C18H34O2.12C3H8O3/c1-2-3-4-5-6-7-8-9-10-11-12-13-14-15-16-17-18(19)20;12*4-1-3(6)2-5/h9-10H,2-8,11-17H2,1H3,(H,19,20);12*3-6H,1-2H2. The van der Waals surface area contributed by atoms with Gasteiger partial charge in [-0.05, 0) is 32.1 Å². The molecule has 0 amide bonds. The molecule has 0 heterocycles. The lowest BCUT2D eigenvalue weighted by Gasteiger charge is -1.99. The van der Waals surface area contributed by atoms with Crippen molar-refractivity contribution >= 4 is 5.97 Å². The van der Waals surface area contributed by atoms with Crippen molar-refractivity contribution < 1.29 is 194 Å². The van der Waals surface area contributed by atoms with Gasteiger partial charge in [-0.15, -0.1) is 0 Å². The van der Waals surface area contributed by atoms with Crippen molar-refractivity contribution in [3.63, 3.8) is 0 Å². The van der Waals surface area contributed by atoms with Gasteiger partial charge in [0.1, 0.15) is 73.2 Å². The number of unbranched alkanes of at least 4 members (excludes halogenated alkanes) is 11. The molecule has 0 spiro atoms. The molecule has 0 fully saturated rings. The van der Waals surface area contributed by atoms with Gasteiger partial charge in [-0.25, -0.2) is 0 Å². The number of rotatable bonds is 39. The van der Waals surface area contributed by atoms with Crippen LogP contribution in [0, 0.1) is 0 Å². The van der Waals surface area contributed by atoms with Crippen molar-refractivity contribution in [3.05, 3.63) is 12.2 Å². The Morgan fingerprint density at radius 1 is 0.217 bits per heavy atom. The highest BCUT2D eigenvalue weighted by Crippen LogP contribution is 2.10. The molecule has 0 aromatic carbocycles. The molecule has 0 unspecified atom stereocenters. The first kappa shape index (κ1) is 120. The van der Waals surface area contributed by atoms with E-state index in [1.807, 2.05) is 0 Å². The lowest BCUT2D eigenvalue weighted by Crippen LogP contribution is -2.15. The molecule has 0 bridgehead atoms. The van der Waals surface area contributed by atoms with E-state index in [4.69, 9.17) is 189 Å². The van der Waals surface area contributed by atoms with Gasteiger partial charge < -0.3 is 189 Å². The number of aliphatic hydroxyl groups excluding tert-OH is 36. The summed E-state index contributed by atoms with van der Waals surface area (Å²) in [6, 6.07) is 0. The van der Waals surface area contributed by atoms with Gasteiger partial charge in [0, 0.05) is 6.42 Å². The minimum absolute atomic E-state index is 0.332. The molecule has 0 aromatic rings. The molecule has 38 heteroatoms. The van der Waals surface area contributed by atoms with Gasteiger partial charge >= 0.3 is 5.97 Å². The molecule has 574 valence electrons. The molecule has 0 rings (SSSR count). The maximum absolute atomic E-state index is 10.3. The number of aliphatic hydroxyl groups is 36. The van der Waals surface area contributed by atoms with E-state index in [9.17, 15) is 4.79 Å². The summed E-state index contributed by atoms with van der Waals surface area (Å²) in [7, 11) is 0. The average Bonchev–Trinajstić information content (AvgIpc) is 3.61. The Labute approximate surface area is 539 Å². The third-order valence-corrected chi connectivity index (χ3v) is 8.71. The van der Waals surface area contributed by atoms with Crippen molar-refractivity contribution in [2.45, 2.75) is 170 Å². The lowest BCUT2D eigenvalue weighted by atomic mass is 10.1. The Bertz CT molecular complexity index is 908. The molecular formula is C54H130O38. The van der Waals surface area contributed by atoms with E-state index in [1.54, 1.807) is 0 Å². The van der Waals surface area contributed by atoms with Gasteiger partial charge in [-0.2, -0.15) is 0 Å². The van der Waals surface area contributed by atoms with Crippen LogP contribution in [-0.4, -0.2) is 427 Å². The highest BCUT2D eigenvalue weighted by Gasteiger charge is 2.01. The summed E-state index contributed by atoms with van der Waals surface area (Å²) in [6.07, 6.45) is 9.80. The highest BCUT2D eigenvalue weighted by molar-refractivity contribution is 5.66. The van der Waals surface area contributed by atoms with E-state index in [2.05, 4.69) is 19.1 Å². The third-order valence-electron chi connectivity index (χ3n) is 8.71. The van der Waals surface area contributed by atoms with Crippen LogP contribution < -0.4 is 0 Å². The Balaban J connectivity index is -0.0000000691. The minimum Gasteiger partial charge on any atom is -0.481 e. The Hall–Kier alpha value is -2.23. The number of carboxylic acids is 1. The molecule has 38 nitrogen and oxygen atoms in total. The van der Waals surface area contributed by atoms with E-state index in [1.165, 1.54) is 70.6 Å². The molecule has 0 aliphatic rings. The molecule has 0 saturated carbocycles. The molecule has 0 atom stereocenters. The summed E-state index contributed by atoms with van der Waals surface area (Å²) in [5.41, 5.74) is 0. The quantitative estimate of drug-likeness (QED) is 0.0201. The zero-order valence-corrected chi connectivity index (χ0v) is 53.4. The zero-order valence-electron chi connectivity index (χ0n) is 53.4. The molecule has 0 aliphatic heterocycles. The third kappa shape index (κ3) is 168.